The molecule has 122 valence electrons. The van der Waals surface area contributed by atoms with E-state index < -0.39 is 5.60 Å². The molecule has 0 radical (unpaired) electrons. The SMILES string of the molecule is CC(C)(C)OC(=O)N1C[C@H]2C[C@H]1[C@@H]2C(=O)N1CCC=C(F)C1. The van der Waals surface area contributed by atoms with Crippen LogP contribution in [0, 0.1) is 11.8 Å². The monoisotopic (exact) mass is 310 g/mol. The number of hydrogen-bond donors (Lipinski definition) is 0. The predicted octanol–water partition coefficient (Wildman–Crippen LogP) is 2.33. The molecule has 3 fully saturated rings. The molecule has 0 unspecified atom stereocenters. The molecule has 0 aromatic heterocycles. The van der Waals surface area contributed by atoms with E-state index in [2.05, 4.69) is 0 Å². The zero-order chi connectivity index (χ0) is 16.1. The molecule has 4 aliphatic rings. The molecule has 3 aliphatic heterocycles. The van der Waals surface area contributed by atoms with Crippen LogP contribution in [0.4, 0.5) is 9.18 Å². The van der Waals surface area contributed by atoms with Crippen molar-refractivity contribution in [2.75, 3.05) is 19.6 Å². The van der Waals surface area contributed by atoms with Gasteiger partial charge in [-0.15, -0.1) is 0 Å². The summed E-state index contributed by atoms with van der Waals surface area (Å²) in [5, 5.41) is 0. The van der Waals surface area contributed by atoms with Gasteiger partial charge in [0.15, 0.2) is 0 Å². The van der Waals surface area contributed by atoms with Crippen molar-refractivity contribution in [2.45, 2.75) is 45.3 Å². The van der Waals surface area contributed by atoms with Crippen molar-refractivity contribution in [1.29, 1.82) is 0 Å². The van der Waals surface area contributed by atoms with Crippen LogP contribution in [0.1, 0.15) is 33.6 Å². The van der Waals surface area contributed by atoms with E-state index in [1.54, 1.807) is 9.80 Å². The van der Waals surface area contributed by atoms with E-state index in [9.17, 15) is 14.0 Å². The molecule has 2 amide bonds. The van der Waals surface area contributed by atoms with Crippen LogP contribution in [0.2, 0.25) is 0 Å². The summed E-state index contributed by atoms with van der Waals surface area (Å²) in [7, 11) is 0. The summed E-state index contributed by atoms with van der Waals surface area (Å²) in [5.41, 5.74) is -0.537. The number of carbonyl (C=O) groups is 2. The third-order valence-corrected chi connectivity index (χ3v) is 4.63. The Labute approximate surface area is 130 Å². The molecule has 22 heavy (non-hydrogen) atoms. The summed E-state index contributed by atoms with van der Waals surface area (Å²) in [6.07, 6.45) is 2.60. The first kappa shape index (κ1) is 15.3. The fraction of sp³-hybridized carbons (Fsp3) is 0.750. The summed E-state index contributed by atoms with van der Waals surface area (Å²) in [5.74, 6) is -0.247. The van der Waals surface area contributed by atoms with E-state index in [-0.39, 0.29) is 42.2 Å². The van der Waals surface area contributed by atoms with Crippen molar-refractivity contribution in [3.05, 3.63) is 11.9 Å². The van der Waals surface area contributed by atoms with Crippen LogP contribution in [0.3, 0.4) is 0 Å². The van der Waals surface area contributed by atoms with Crippen molar-refractivity contribution >= 4 is 12.0 Å². The first-order chi connectivity index (χ1) is 10.3. The van der Waals surface area contributed by atoms with Gasteiger partial charge in [0.25, 0.3) is 0 Å². The molecule has 0 aromatic carbocycles. The van der Waals surface area contributed by atoms with Crippen molar-refractivity contribution in [3.63, 3.8) is 0 Å². The van der Waals surface area contributed by atoms with Crippen molar-refractivity contribution in [2.24, 2.45) is 11.8 Å². The molecule has 1 saturated carbocycles. The van der Waals surface area contributed by atoms with E-state index >= 15 is 0 Å². The number of carbonyl (C=O) groups excluding carboxylic acids is 2. The number of rotatable bonds is 1. The molecular formula is C16H23FN2O3. The zero-order valence-electron chi connectivity index (χ0n) is 13.3. The van der Waals surface area contributed by atoms with E-state index in [4.69, 9.17) is 4.74 Å². The molecule has 3 heterocycles. The molecule has 1 aliphatic carbocycles. The highest BCUT2D eigenvalue weighted by Gasteiger charge is 2.58. The Morgan fingerprint density at radius 1 is 1.36 bits per heavy atom. The lowest BCUT2D eigenvalue weighted by atomic mass is 9.73. The highest BCUT2D eigenvalue weighted by molar-refractivity contribution is 5.83. The maximum atomic E-state index is 13.4. The molecule has 0 N–H and O–H groups in total. The number of halogens is 1. The molecule has 2 saturated heterocycles. The summed E-state index contributed by atoms with van der Waals surface area (Å²) >= 11 is 0. The molecular weight excluding hydrogens is 287 g/mol. The Morgan fingerprint density at radius 2 is 2.09 bits per heavy atom. The Morgan fingerprint density at radius 3 is 2.73 bits per heavy atom. The first-order valence-corrected chi connectivity index (χ1v) is 7.89. The van der Waals surface area contributed by atoms with Gasteiger partial charge < -0.3 is 14.5 Å². The number of ether oxygens (including phenoxy) is 1. The molecule has 3 atom stereocenters. The van der Waals surface area contributed by atoms with Crippen LogP contribution in [0.25, 0.3) is 0 Å². The van der Waals surface area contributed by atoms with Gasteiger partial charge in [0.05, 0.1) is 12.5 Å². The summed E-state index contributed by atoms with van der Waals surface area (Å²) in [6.45, 7) is 6.70. The molecule has 4 rings (SSSR count). The van der Waals surface area contributed by atoms with E-state index in [0.717, 1.165) is 6.42 Å². The highest BCUT2D eigenvalue weighted by Crippen LogP contribution is 2.47. The minimum absolute atomic E-state index is 0.0180. The topological polar surface area (TPSA) is 49.9 Å². The number of fused-ring (bicyclic) bond motifs is 1. The lowest BCUT2D eigenvalue weighted by Gasteiger charge is -2.39. The smallest absolute Gasteiger partial charge is 0.410 e. The second-order valence-corrected chi connectivity index (χ2v) is 7.42. The number of amides is 2. The first-order valence-electron chi connectivity index (χ1n) is 7.89. The standard InChI is InChI=1S/C16H23FN2O3/c1-16(2,3)22-15(21)19-8-10-7-12(19)13(10)14(20)18-6-4-5-11(17)9-18/h5,10,12-13H,4,6-9H2,1-3H3/t10-,12+,13-/m1/s1. The molecule has 6 heteroatoms. The fourth-order valence-electron chi connectivity index (χ4n) is 3.62. The third-order valence-electron chi connectivity index (χ3n) is 4.63. The highest BCUT2D eigenvalue weighted by atomic mass is 19.1. The summed E-state index contributed by atoms with van der Waals surface area (Å²) < 4.78 is 18.8. The van der Waals surface area contributed by atoms with Crippen molar-refractivity contribution in [1.82, 2.24) is 9.80 Å². The van der Waals surface area contributed by atoms with Gasteiger partial charge in [0, 0.05) is 19.1 Å². The van der Waals surface area contributed by atoms with E-state index in [1.807, 2.05) is 20.8 Å². The molecule has 0 aromatic rings. The predicted molar refractivity (Wildman–Crippen MR) is 78.7 cm³/mol. The quantitative estimate of drug-likeness (QED) is 0.747. The minimum atomic E-state index is -0.537. The summed E-state index contributed by atoms with van der Waals surface area (Å²) in [6, 6.07) is -0.0821. The lowest BCUT2D eigenvalue weighted by Crippen LogP contribution is -2.52. The van der Waals surface area contributed by atoms with Crippen LogP contribution in [-0.2, 0) is 9.53 Å². The van der Waals surface area contributed by atoms with Gasteiger partial charge >= 0.3 is 6.09 Å². The van der Waals surface area contributed by atoms with Gasteiger partial charge in [0.2, 0.25) is 5.91 Å². The van der Waals surface area contributed by atoms with Crippen LogP contribution in [0.15, 0.2) is 11.9 Å². The van der Waals surface area contributed by atoms with E-state index in [0.29, 0.717) is 19.5 Å². The Balaban J connectivity index is 1.63. The maximum Gasteiger partial charge on any atom is 0.410 e. The van der Waals surface area contributed by atoms with Gasteiger partial charge in [-0.2, -0.15) is 0 Å². The number of hydrogen-bond acceptors (Lipinski definition) is 3. The van der Waals surface area contributed by atoms with Crippen molar-refractivity contribution < 1.29 is 18.7 Å². The fourth-order valence-corrected chi connectivity index (χ4v) is 3.62. The van der Waals surface area contributed by atoms with Gasteiger partial charge in [-0.3, -0.25) is 4.79 Å². The van der Waals surface area contributed by atoms with Gasteiger partial charge in [-0.1, -0.05) is 0 Å². The Hall–Kier alpha value is -1.59. The average Bonchev–Trinajstić information content (AvgIpc) is 2.95. The summed E-state index contributed by atoms with van der Waals surface area (Å²) in [4.78, 5) is 28.1. The van der Waals surface area contributed by atoms with Gasteiger partial charge in [0.1, 0.15) is 11.4 Å². The molecule has 2 bridgehead atoms. The van der Waals surface area contributed by atoms with E-state index in [1.165, 1.54) is 6.08 Å². The molecule has 5 nitrogen and oxygen atoms in total. The third kappa shape index (κ3) is 2.71. The number of nitrogens with zero attached hydrogens (tertiary/aromatic N) is 2. The van der Waals surface area contributed by atoms with Gasteiger partial charge in [-0.25, -0.2) is 9.18 Å². The lowest BCUT2D eigenvalue weighted by molar-refractivity contribution is -0.140. The minimum Gasteiger partial charge on any atom is -0.444 e. The maximum absolute atomic E-state index is 13.4. The van der Waals surface area contributed by atoms with Crippen molar-refractivity contribution in [3.8, 4) is 0 Å². The van der Waals surface area contributed by atoms with Crippen LogP contribution >= 0.6 is 0 Å². The second kappa shape index (κ2) is 5.25. The van der Waals surface area contributed by atoms with Gasteiger partial charge in [-0.05, 0) is 45.6 Å². The average molecular weight is 310 g/mol. The Bertz CT molecular complexity index is 526. The normalized spacial score (nSPS) is 30.7. The Kier molecular flexibility index (Phi) is 3.65. The second-order valence-electron chi connectivity index (χ2n) is 7.42. The van der Waals surface area contributed by atoms with Crippen LogP contribution in [0.5, 0.6) is 0 Å². The largest absolute Gasteiger partial charge is 0.444 e. The zero-order valence-corrected chi connectivity index (χ0v) is 13.3. The molecule has 0 spiro atoms. The van der Waals surface area contributed by atoms with Crippen LogP contribution < -0.4 is 0 Å². The van der Waals surface area contributed by atoms with Crippen LogP contribution in [-0.4, -0.2) is 53.1 Å².